The molecule has 0 bridgehead atoms. The van der Waals surface area contributed by atoms with E-state index in [9.17, 15) is 4.79 Å². The highest BCUT2D eigenvalue weighted by Gasteiger charge is 2.52. The quantitative estimate of drug-likeness (QED) is 0.141. The van der Waals surface area contributed by atoms with Crippen LogP contribution in [-0.2, 0) is 15.1 Å². The number of carbonyl (C=O) groups excluding carboxylic acids is 1. The van der Waals surface area contributed by atoms with Gasteiger partial charge >= 0.3 is 0 Å². The Morgan fingerprint density at radius 2 is 1.30 bits per heavy atom. The molecule has 0 radical (unpaired) electrons. The molecule has 0 N–H and O–H groups in total. The molecular weight excluding hydrogens is 452 g/mol. The summed E-state index contributed by atoms with van der Waals surface area (Å²) in [5, 5.41) is 0. The van der Waals surface area contributed by atoms with Crippen LogP contribution >= 0.6 is 0 Å². The molecule has 0 aromatic heterocycles. The van der Waals surface area contributed by atoms with Gasteiger partial charge in [0.25, 0.3) is 0 Å². The average Bonchev–Trinajstić information content (AvgIpc) is 3.00. The van der Waals surface area contributed by atoms with Crippen LogP contribution in [-0.4, -0.2) is 11.9 Å². The van der Waals surface area contributed by atoms with Crippen LogP contribution in [0.3, 0.4) is 0 Å². The average molecular weight is 487 g/mol. The molecular formula is C35H34O2. The van der Waals surface area contributed by atoms with E-state index in [1.54, 1.807) is 0 Å². The maximum absolute atomic E-state index is 11.9. The SMILES string of the molecule is C#CC(OC(c1ccccc1)(c1ccccc1)c1ccccc1)(C1CC=CCC1)C1CCC=C(C=O)C1. The predicted molar refractivity (Wildman–Crippen MR) is 150 cm³/mol. The third-order valence-electron chi connectivity index (χ3n) is 8.13. The van der Waals surface area contributed by atoms with Crippen molar-refractivity contribution in [1.82, 2.24) is 0 Å². The molecule has 0 spiro atoms. The second-order valence-corrected chi connectivity index (χ2v) is 10.2. The van der Waals surface area contributed by atoms with E-state index in [4.69, 9.17) is 11.2 Å². The summed E-state index contributed by atoms with van der Waals surface area (Å²) in [6.07, 6.45) is 19.3. The molecule has 0 amide bonds. The highest BCUT2D eigenvalue weighted by molar-refractivity contribution is 5.73. The van der Waals surface area contributed by atoms with E-state index in [1.165, 1.54) is 0 Å². The molecule has 186 valence electrons. The van der Waals surface area contributed by atoms with Gasteiger partial charge in [0.15, 0.2) is 0 Å². The Kier molecular flexibility index (Phi) is 7.54. The van der Waals surface area contributed by atoms with E-state index < -0.39 is 11.2 Å². The van der Waals surface area contributed by atoms with Gasteiger partial charge in [0, 0.05) is 11.8 Å². The highest BCUT2D eigenvalue weighted by atomic mass is 16.5. The molecule has 3 atom stereocenters. The summed E-state index contributed by atoms with van der Waals surface area (Å²) in [4.78, 5) is 11.9. The maximum Gasteiger partial charge on any atom is 0.145 e. The molecule has 0 aliphatic heterocycles. The molecule has 37 heavy (non-hydrogen) atoms. The lowest BCUT2D eigenvalue weighted by Crippen LogP contribution is -2.53. The van der Waals surface area contributed by atoms with Gasteiger partial charge in [0.05, 0.1) is 0 Å². The molecule has 5 rings (SSSR count). The number of hydrogen-bond donors (Lipinski definition) is 0. The number of rotatable bonds is 8. The fourth-order valence-corrected chi connectivity index (χ4v) is 6.30. The van der Waals surface area contributed by atoms with Gasteiger partial charge in [-0.25, -0.2) is 0 Å². The molecule has 0 heterocycles. The zero-order chi connectivity index (χ0) is 25.6. The smallest absolute Gasteiger partial charge is 0.145 e. The minimum absolute atomic E-state index is 0.0368. The topological polar surface area (TPSA) is 26.3 Å². The second kappa shape index (κ2) is 11.2. The van der Waals surface area contributed by atoms with Crippen molar-refractivity contribution in [1.29, 1.82) is 0 Å². The molecule has 0 saturated heterocycles. The Morgan fingerprint density at radius 3 is 1.76 bits per heavy atom. The molecule has 2 aliphatic carbocycles. The molecule has 0 fully saturated rings. The number of terminal acetylenes is 1. The predicted octanol–water partition coefficient (Wildman–Crippen LogP) is 7.65. The van der Waals surface area contributed by atoms with E-state index in [-0.39, 0.29) is 11.8 Å². The third kappa shape index (κ3) is 4.73. The van der Waals surface area contributed by atoms with Crippen LogP contribution in [0.2, 0.25) is 0 Å². The van der Waals surface area contributed by atoms with Crippen molar-refractivity contribution in [3.63, 3.8) is 0 Å². The first-order chi connectivity index (χ1) is 18.2. The van der Waals surface area contributed by atoms with E-state index in [0.717, 1.165) is 60.7 Å². The van der Waals surface area contributed by atoms with Gasteiger partial charge in [-0.3, -0.25) is 4.79 Å². The normalized spacial score (nSPS) is 21.3. The standard InChI is InChI=1S/C35H34O2/c1-2-34(29-17-7-3-8-18-29,33-25-15-16-28(26-33)27-36)37-35(30-19-9-4-10-20-30,31-21-11-5-12-22-31)32-23-13-6-14-24-32/h1,3-7,9-14,16,19-24,27,29,33H,8,15,17-18,25-26H2. The van der Waals surface area contributed by atoms with Crippen LogP contribution < -0.4 is 0 Å². The van der Waals surface area contributed by atoms with E-state index in [0.29, 0.717) is 6.42 Å². The van der Waals surface area contributed by atoms with Gasteiger partial charge < -0.3 is 4.74 Å². The minimum atomic E-state index is -0.917. The van der Waals surface area contributed by atoms with Crippen LogP contribution in [0.15, 0.2) is 115 Å². The van der Waals surface area contributed by atoms with E-state index in [1.807, 2.05) is 18.2 Å². The summed E-state index contributed by atoms with van der Waals surface area (Å²) >= 11 is 0. The summed E-state index contributed by atoms with van der Waals surface area (Å²) in [5.74, 6) is 3.45. The molecule has 0 saturated carbocycles. The first-order valence-corrected chi connectivity index (χ1v) is 13.4. The molecule has 3 aromatic carbocycles. The number of allylic oxidation sites excluding steroid dienone is 4. The molecule has 3 unspecified atom stereocenters. The van der Waals surface area contributed by atoms with Gasteiger partial charge in [-0.1, -0.05) is 115 Å². The lowest BCUT2D eigenvalue weighted by atomic mass is 9.66. The summed E-state index contributed by atoms with van der Waals surface area (Å²) < 4.78 is 7.69. The summed E-state index contributed by atoms with van der Waals surface area (Å²) in [7, 11) is 0. The number of hydrogen-bond acceptors (Lipinski definition) is 2. The van der Waals surface area contributed by atoms with Gasteiger partial charge in [0.1, 0.15) is 17.5 Å². The van der Waals surface area contributed by atoms with Crippen LogP contribution in [0, 0.1) is 24.2 Å². The summed E-state index contributed by atoms with van der Waals surface area (Å²) in [5.41, 5.74) is 2.17. The largest absolute Gasteiger partial charge is 0.341 e. The van der Waals surface area contributed by atoms with Crippen molar-refractivity contribution in [3.05, 3.63) is 131 Å². The number of benzene rings is 3. The van der Waals surface area contributed by atoms with Crippen molar-refractivity contribution in [2.75, 3.05) is 0 Å². The molecule has 2 aliphatic rings. The highest BCUT2D eigenvalue weighted by Crippen LogP contribution is 2.51. The van der Waals surface area contributed by atoms with Crippen LogP contribution in [0.5, 0.6) is 0 Å². The first-order valence-electron chi connectivity index (χ1n) is 13.4. The fourth-order valence-electron chi connectivity index (χ4n) is 6.30. The van der Waals surface area contributed by atoms with E-state index in [2.05, 4.69) is 96.9 Å². The van der Waals surface area contributed by atoms with Crippen LogP contribution in [0.25, 0.3) is 0 Å². The lowest BCUT2D eigenvalue weighted by molar-refractivity contribution is -0.152. The zero-order valence-corrected chi connectivity index (χ0v) is 21.3. The fraction of sp³-hybridized carbons (Fsp3) is 0.286. The summed E-state index contributed by atoms with van der Waals surface area (Å²) in [6.45, 7) is 0. The van der Waals surface area contributed by atoms with Crippen molar-refractivity contribution in [3.8, 4) is 12.3 Å². The third-order valence-corrected chi connectivity index (χ3v) is 8.13. The second-order valence-electron chi connectivity index (χ2n) is 10.2. The van der Waals surface area contributed by atoms with Crippen LogP contribution in [0.1, 0.15) is 55.2 Å². The van der Waals surface area contributed by atoms with Crippen molar-refractivity contribution < 1.29 is 9.53 Å². The molecule has 2 nitrogen and oxygen atoms in total. The van der Waals surface area contributed by atoms with Gasteiger partial charge in [-0.2, -0.15) is 0 Å². The Balaban J connectivity index is 1.77. The maximum atomic E-state index is 11.9. The van der Waals surface area contributed by atoms with E-state index >= 15 is 0 Å². The first kappa shape index (κ1) is 25.0. The number of carbonyl (C=O) groups is 1. The number of aldehydes is 1. The van der Waals surface area contributed by atoms with Gasteiger partial charge in [-0.05, 0) is 60.8 Å². The number of ether oxygens (including phenoxy) is 1. The van der Waals surface area contributed by atoms with Gasteiger partial charge in [0.2, 0.25) is 0 Å². The zero-order valence-electron chi connectivity index (χ0n) is 21.3. The molecule has 3 aromatic rings. The Labute approximate surface area is 221 Å². The minimum Gasteiger partial charge on any atom is -0.341 e. The summed E-state index contributed by atoms with van der Waals surface area (Å²) in [6, 6.07) is 31.3. The lowest BCUT2D eigenvalue weighted by Gasteiger charge is -2.50. The Bertz CT molecular complexity index is 1190. The van der Waals surface area contributed by atoms with Crippen molar-refractivity contribution in [2.24, 2.45) is 11.8 Å². The van der Waals surface area contributed by atoms with Crippen molar-refractivity contribution in [2.45, 2.75) is 49.7 Å². The Morgan fingerprint density at radius 1 is 0.757 bits per heavy atom. The van der Waals surface area contributed by atoms with Crippen molar-refractivity contribution >= 4 is 6.29 Å². The molecule has 2 heteroatoms. The van der Waals surface area contributed by atoms with Crippen LogP contribution in [0.4, 0.5) is 0 Å². The van der Waals surface area contributed by atoms with Gasteiger partial charge in [-0.15, -0.1) is 6.42 Å². The monoisotopic (exact) mass is 486 g/mol. The Hall–Kier alpha value is -3.67.